The lowest BCUT2D eigenvalue weighted by Crippen LogP contribution is -2.00. The topological polar surface area (TPSA) is 115 Å². The van der Waals surface area contributed by atoms with E-state index < -0.39 is 11.9 Å². The van der Waals surface area contributed by atoms with E-state index in [-0.39, 0.29) is 12.7 Å². The molecule has 0 saturated carbocycles. The highest BCUT2D eigenvalue weighted by atomic mass is 16.4. The molecule has 0 aromatic heterocycles. The van der Waals surface area contributed by atoms with E-state index in [0.717, 1.165) is 13.8 Å². The molecule has 14 heavy (non-hydrogen) atoms. The molecule has 0 aliphatic carbocycles. The Kier molecular flexibility index (Phi) is 19.1. The predicted octanol–water partition coefficient (Wildman–Crippen LogP) is -0.0686. The van der Waals surface area contributed by atoms with Gasteiger partial charge in [0.05, 0.1) is 6.10 Å². The minimum absolute atomic E-state index is 0.0810. The molecule has 1 unspecified atom stereocenters. The lowest BCUT2D eigenvalue weighted by Gasteiger charge is -1.95. The standard InChI is InChI=1S/C4H10O2.2C2H4O2/c1-4(6)2-3-5;2*1-2(3)4/h4-6H,2-3H2,1H3;2*1H3,(H,3,4). The highest BCUT2D eigenvalue weighted by molar-refractivity contribution is 5.63. The van der Waals surface area contributed by atoms with Crippen molar-refractivity contribution in [1.82, 2.24) is 0 Å². The molecule has 0 radical (unpaired) electrons. The van der Waals surface area contributed by atoms with Crippen LogP contribution < -0.4 is 0 Å². The molecule has 0 aliphatic rings. The van der Waals surface area contributed by atoms with Gasteiger partial charge in [0.15, 0.2) is 0 Å². The van der Waals surface area contributed by atoms with Crippen molar-refractivity contribution >= 4 is 11.9 Å². The van der Waals surface area contributed by atoms with Crippen LogP contribution in [0.5, 0.6) is 0 Å². The Labute approximate surface area is 82.8 Å². The van der Waals surface area contributed by atoms with E-state index >= 15 is 0 Å². The summed E-state index contributed by atoms with van der Waals surface area (Å²) in [6.45, 7) is 3.90. The van der Waals surface area contributed by atoms with E-state index in [2.05, 4.69) is 0 Å². The summed E-state index contributed by atoms with van der Waals surface area (Å²) >= 11 is 0. The molecule has 86 valence electrons. The van der Waals surface area contributed by atoms with Crippen molar-refractivity contribution in [3.8, 4) is 0 Å². The maximum Gasteiger partial charge on any atom is 0.300 e. The van der Waals surface area contributed by atoms with Crippen molar-refractivity contribution < 1.29 is 30.0 Å². The molecule has 0 bridgehead atoms. The Balaban J connectivity index is -0.000000135. The third-order valence-electron chi connectivity index (χ3n) is 0.547. The average molecular weight is 210 g/mol. The molecule has 0 heterocycles. The van der Waals surface area contributed by atoms with Gasteiger partial charge in [0.25, 0.3) is 11.9 Å². The smallest absolute Gasteiger partial charge is 0.300 e. The molecule has 0 fully saturated rings. The Morgan fingerprint density at radius 3 is 1.36 bits per heavy atom. The molecule has 0 aliphatic heterocycles. The Bertz CT molecular complexity index is 123. The second-order valence-electron chi connectivity index (χ2n) is 2.40. The van der Waals surface area contributed by atoms with Crippen molar-refractivity contribution in [2.45, 2.75) is 33.3 Å². The second kappa shape index (κ2) is 14.4. The maximum atomic E-state index is 9.00. The van der Waals surface area contributed by atoms with Gasteiger partial charge in [0.1, 0.15) is 0 Å². The molecule has 0 amide bonds. The fraction of sp³-hybridized carbons (Fsp3) is 0.750. The van der Waals surface area contributed by atoms with Crippen LogP contribution in [-0.2, 0) is 9.59 Å². The van der Waals surface area contributed by atoms with Gasteiger partial charge in [-0.25, -0.2) is 0 Å². The second-order valence-corrected chi connectivity index (χ2v) is 2.40. The van der Waals surface area contributed by atoms with Crippen LogP contribution in [0, 0.1) is 0 Å². The first-order valence-corrected chi connectivity index (χ1v) is 3.92. The van der Waals surface area contributed by atoms with Crippen LogP contribution in [-0.4, -0.2) is 45.1 Å². The van der Waals surface area contributed by atoms with Gasteiger partial charge in [0, 0.05) is 20.5 Å². The van der Waals surface area contributed by atoms with Crippen molar-refractivity contribution in [2.75, 3.05) is 6.61 Å². The number of carbonyl (C=O) groups is 2. The Hall–Kier alpha value is -1.14. The Morgan fingerprint density at radius 2 is 1.36 bits per heavy atom. The van der Waals surface area contributed by atoms with E-state index in [9.17, 15) is 0 Å². The zero-order valence-corrected chi connectivity index (χ0v) is 8.60. The lowest BCUT2D eigenvalue weighted by atomic mass is 10.3. The van der Waals surface area contributed by atoms with Crippen LogP contribution >= 0.6 is 0 Å². The van der Waals surface area contributed by atoms with Crippen LogP contribution in [0.15, 0.2) is 0 Å². The molecular formula is C8H18O6. The van der Waals surface area contributed by atoms with E-state index in [1.54, 1.807) is 6.92 Å². The number of aliphatic hydroxyl groups is 2. The van der Waals surface area contributed by atoms with Crippen LogP contribution in [0.4, 0.5) is 0 Å². The molecule has 6 nitrogen and oxygen atoms in total. The molecule has 0 aromatic rings. The first-order valence-electron chi connectivity index (χ1n) is 3.92. The molecular weight excluding hydrogens is 192 g/mol. The summed E-state index contributed by atoms with van der Waals surface area (Å²) in [4.78, 5) is 18.0. The summed E-state index contributed by atoms with van der Waals surface area (Å²) in [7, 11) is 0. The number of aliphatic carboxylic acids is 2. The van der Waals surface area contributed by atoms with Crippen molar-refractivity contribution in [1.29, 1.82) is 0 Å². The molecule has 4 N–H and O–H groups in total. The van der Waals surface area contributed by atoms with Gasteiger partial charge in [-0.05, 0) is 13.3 Å². The fourth-order valence-corrected chi connectivity index (χ4v) is 0.187. The third-order valence-corrected chi connectivity index (χ3v) is 0.547. The molecule has 0 spiro atoms. The van der Waals surface area contributed by atoms with Gasteiger partial charge in [-0.1, -0.05) is 0 Å². The summed E-state index contributed by atoms with van der Waals surface area (Å²) < 4.78 is 0. The molecule has 0 aromatic carbocycles. The molecule has 6 heteroatoms. The minimum atomic E-state index is -0.833. The number of hydrogen-bond acceptors (Lipinski definition) is 4. The Morgan fingerprint density at radius 1 is 1.14 bits per heavy atom. The zero-order valence-electron chi connectivity index (χ0n) is 8.60. The zero-order chi connectivity index (χ0) is 12.1. The highest BCUT2D eigenvalue weighted by Gasteiger charge is 1.88. The molecule has 1 atom stereocenters. The van der Waals surface area contributed by atoms with Gasteiger partial charge < -0.3 is 20.4 Å². The normalized spacial score (nSPS) is 9.79. The van der Waals surface area contributed by atoms with Crippen molar-refractivity contribution in [2.24, 2.45) is 0 Å². The largest absolute Gasteiger partial charge is 0.481 e. The van der Waals surface area contributed by atoms with Crippen LogP contribution in [0.2, 0.25) is 0 Å². The number of hydrogen-bond donors (Lipinski definition) is 4. The number of carboxylic acids is 2. The SMILES string of the molecule is CC(=O)O.CC(=O)O.CC(O)CCO. The third kappa shape index (κ3) is 305. The monoisotopic (exact) mass is 210 g/mol. The lowest BCUT2D eigenvalue weighted by molar-refractivity contribution is -0.135. The van der Waals surface area contributed by atoms with Gasteiger partial charge in [-0.3, -0.25) is 9.59 Å². The van der Waals surface area contributed by atoms with E-state index in [1.165, 1.54) is 0 Å². The summed E-state index contributed by atoms with van der Waals surface area (Å²) in [5.41, 5.74) is 0. The fourth-order valence-electron chi connectivity index (χ4n) is 0.187. The van der Waals surface area contributed by atoms with Crippen molar-refractivity contribution in [3.05, 3.63) is 0 Å². The predicted molar refractivity (Wildman–Crippen MR) is 50.0 cm³/mol. The number of carboxylic acid groups (broad SMARTS) is 2. The summed E-state index contributed by atoms with van der Waals surface area (Å²) in [5.74, 6) is -1.67. The first-order chi connectivity index (χ1) is 6.23. The van der Waals surface area contributed by atoms with E-state index in [4.69, 9.17) is 30.0 Å². The highest BCUT2D eigenvalue weighted by Crippen LogP contribution is 1.83. The molecule has 0 rings (SSSR count). The summed E-state index contributed by atoms with van der Waals surface area (Å²) in [6.07, 6.45) is 0.134. The first kappa shape index (κ1) is 18.6. The van der Waals surface area contributed by atoms with Gasteiger partial charge in [-0.15, -0.1) is 0 Å². The minimum Gasteiger partial charge on any atom is -0.481 e. The van der Waals surface area contributed by atoms with Crippen LogP contribution in [0.3, 0.4) is 0 Å². The average Bonchev–Trinajstić information content (AvgIpc) is 1.82. The number of aliphatic hydroxyl groups excluding tert-OH is 2. The van der Waals surface area contributed by atoms with E-state index in [0.29, 0.717) is 6.42 Å². The summed E-state index contributed by atoms with van der Waals surface area (Å²) in [5, 5.41) is 31.3. The van der Waals surface area contributed by atoms with Gasteiger partial charge >= 0.3 is 0 Å². The van der Waals surface area contributed by atoms with Gasteiger partial charge in [0.2, 0.25) is 0 Å². The maximum absolute atomic E-state index is 9.00. The molecule has 0 saturated heterocycles. The van der Waals surface area contributed by atoms with E-state index in [1.807, 2.05) is 0 Å². The number of rotatable bonds is 2. The van der Waals surface area contributed by atoms with Crippen molar-refractivity contribution in [3.63, 3.8) is 0 Å². The summed E-state index contributed by atoms with van der Waals surface area (Å²) in [6, 6.07) is 0. The van der Waals surface area contributed by atoms with Crippen LogP contribution in [0.1, 0.15) is 27.2 Å². The van der Waals surface area contributed by atoms with Crippen LogP contribution in [0.25, 0.3) is 0 Å². The quantitative estimate of drug-likeness (QED) is 0.507. The van der Waals surface area contributed by atoms with Gasteiger partial charge in [-0.2, -0.15) is 0 Å².